The summed E-state index contributed by atoms with van der Waals surface area (Å²) in [7, 11) is 5.33. The number of fused-ring (bicyclic) bond motifs is 2. The number of rotatable bonds is 20. The first kappa shape index (κ1) is 73.9. The lowest BCUT2D eigenvalue weighted by Gasteiger charge is -2.38. The predicted molar refractivity (Wildman–Crippen MR) is 333 cm³/mol. The maximum Gasteiger partial charge on any atom is 0.313 e. The second-order valence-corrected chi connectivity index (χ2v) is 27.4. The molecule has 22 nitrogen and oxygen atoms in total. The van der Waals surface area contributed by atoms with Gasteiger partial charge in [-0.05, 0) is 90.1 Å². The SMILES string of the molecule is CC[C@H](C)[C@H](CC(=O)C(C)(C)N(C)C)C(=O)N(C)[C@H](C[C@@H](OC(C)=O)c1nc(C(=O)N[C@@H](Cc2ccc3c(c2)NC(=O)C(C)CC(=O)C(C)NC(=O)CCOCCCC(=O)C2SCSC2C(=O)CCCOCCC(=O)O3)CC(C)C(=O)O)cs1)C(C)C. The van der Waals surface area contributed by atoms with E-state index in [1.165, 1.54) is 68.7 Å². The Morgan fingerprint density at radius 3 is 2.06 bits per heavy atom. The van der Waals surface area contributed by atoms with E-state index in [9.17, 15) is 57.8 Å². The number of carbonyl (C=O) groups is 11. The van der Waals surface area contributed by atoms with Crippen LogP contribution in [0.5, 0.6) is 5.75 Å². The molecular formula is C62H92N6O16S3. The summed E-state index contributed by atoms with van der Waals surface area (Å²) in [5, 5.41) is 19.8. The number of ether oxygens (including phenoxy) is 4. The van der Waals surface area contributed by atoms with Gasteiger partial charge in [-0.25, -0.2) is 4.98 Å². The van der Waals surface area contributed by atoms with Crippen LogP contribution in [0.2, 0.25) is 0 Å². The van der Waals surface area contributed by atoms with Gasteiger partial charge in [0, 0.05) is 100 Å². The number of nitrogens with one attached hydrogen (secondary N) is 3. The summed E-state index contributed by atoms with van der Waals surface area (Å²) < 4.78 is 22.9. The minimum Gasteiger partial charge on any atom is -0.481 e. The fourth-order valence-corrected chi connectivity index (χ4v) is 14.0. The molecule has 1 aromatic carbocycles. The number of carbonyl (C=O) groups excluding carboxylic acids is 10. The average molecular weight is 1270 g/mol. The Morgan fingerprint density at radius 1 is 0.862 bits per heavy atom. The van der Waals surface area contributed by atoms with Crippen molar-refractivity contribution in [3.8, 4) is 5.75 Å². The molecule has 4 rings (SSSR count). The Labute approximate surface area is 524 Å². The van der Waals surface area contributed by atoms with E-state index < -0.39 is 99.4 Å². The molecular weight excluding hydrogens is 1180 g/mol. The molecule has 87 heavy (non-hydrogen) atoms. The van der Waals surface area contributed by atoms with E-state index in [0.29, 0.717) is 29.9 Å². The molecule has 4 N–H and O–H groups in total. The normalized spacial score (nSPS) is 21.7. The third-order valence-corrected chi connectivity index (χ3v) is 20.2. The highest BCUT2D eigenvalue weighted by Crippen LogP contribution is 2.39. The molecule has 3 heterocycles. The van der Waals surface area contributed by atoms with Gasteiger partial charge < -0.3 is 44.9 Å². The van der Waals surface area contributed by atoms with E-state index in [-0.39, 0.29) is 141 Å². The highest BCUT2D eigenvalue weighted by atomic mass is 32.2. The molecule has 1 fully saturated rings. The van der Waals surface area contributed by atoms with Crippen molar-refractivity contribution in [1.82, 2.24) is 25.4 Å². The minimum atomic E-state index is -1.12. The van der Waals surface area contributed by atoms with Crippen molar-refractivity contribution in [2.45, 2.75) is 187 Å². The first-order chi connectivity index (χ1) is 40.9. The molecule has 0 spiro atoms. The van der Waals surface area contributed by atoms with Crippen molar-refractivity contribution in [1.29, 1.82) is 0 Å². The maximum atomic E-state index is 14.5. The van der Waals surface area contributed by atoms with Gasteiger partial charge in [-0.1, -0.05) is 54.0 Å². The number of amides is 4. The third-order valence-electron chi connectivity index (χ3n) is 16.2. The number of aliphatic carboxylic acids is 1. The molecule has 4 amide bonds. The van der Waals surface area contributed by atoms with Gasteiger partial charge in [0.1, 0.15) is 22.3 Å². The Morgan fingerprint density at radius 2 is 1.48 bits per heavy atom. The highest BCUT2D eigenvalue weighted by Gasteiger charge is 2.41. The van der Waals surface area contributed by atoms with Crippen LogP contribution in [0, 0.1) is 29.6 Å². The van der Waals surface area contributed by atoms with Gasteiger partial charge in [0.2, 0.25) is 17.7 Å². The molecule has 2 aliphatic rings. The van der Waals surface area contributed by atoms with Crippen molar-refractivity contribution in [3.05, 3.63) is 39.8 Å². The monoisotopic (exact) mass is 1270 g/mol. The summed E-state index contributed by atoms with van der Waals surface area (Å²) in [5.41, 5.74) is -0.355. The number of carboxylic acid groups (broad SMARTS) is 1. The molecule has 2 aliphatic heterocycles. The standard InChI is InChI=1S/C62H92N6O16S3/c1-14-36(4)43(31-52(73)62(9,10)67(11)12)60(78)68(13)46(35(2)3)32-51(83-40(8)69)59-66-45(33-85-59)58(77)64-42(27-38(6)61(79)80)29-41-19-20-50-44(30-41)65-57(76)37(5)28-49(72)39(7)63-53(74)21-25-81-23-15-17-47(70)55-56(87-34-86-55)48(71)18-16-24-82-26-22-54(75)84-50/h19-20,30,33,35-39,42-43,46,51,55-56H,14-18,21-29,31-32,34H2,1-13H3,(H,63,74)(H,64,77)(H,65,76)(H,79,80)/t36-,37?,38?,39?,42+,43-,46+,51+,55?,56?/m0/s1. The smallest absolute Gasteiger partial charge is 0.313 e. The number of carboxylic acids is 1. The number of benzene rings is 1. The van der Waals surface area contributed by atoms with Crippen LogP contribution in [0.4, 0.5) is 5.69 Å². The number of nitrogens with zero attached hydrogens (tertiary/aromatic N) is 3. The number of Topliss-reactive ketones (excluding diaryl/α,β-unsaturated/α-hetero) is 4. The number of thiazole rings is 1. The average Bonchev–Trinajstić information content (AvgIpc) is 2.34. The number of ketones is 4. The Balaban J connectivity index is 1.59. The lowest BCUT2D eigenvalue weighted by Crippen LogP contribution is -2.50. The van der Waals surface area contributed by atoms with E-state index >= 15 is 0 Å². The van der Waals surface area contributed by atoms with E-state index in [4.69, 9.17) is 18.9 Å². The molecule has 0 radical (unpaired) electrons. The molecule has 484 valence electrons. The molecule has 0 aliphatic carbocycles. The molecule has 1 aromatic heterocycles. The van der Waals surface area contributed by atoms with Crippen molar-refractivity contribution < 1.29 is 76.8 Å². The Hall–Kier alpha value is -5.60. The lowest BCUT2D eigenvalue weighted by atomic mass is 9.81. The van der Waals surface area contributed by atoms with Crippen LogP contribution >= 0.6 is 34.9 Å². The summed E-state index contributed by atoms with van der Waals surface area (Å²) in [6, 6.07) is 2.23. The summed E-state index contributed by atoms with van der Waals surface area (Å²) >= 11 is 3.96. The Bertz CT molecular complexity index is 2740. The van der Waals surface area contributed by atoms with Gasteiger partial charge in [0.25, 0.3) is 5.91 Å². The second kappa shape index (κ2) is 35.6. The zero-order valence-corrected chi connectivity index (χ0v) is 55.3. The van der Waals surface area contributed by atoms with Crippen molar-refractivity contribution in [2.75, 3.05) is 58.0 Å². The highest BCUT2D eigenvalue weighted by molar-refractivity contribution is 8.20. The van der Waals surface area contributed by atoms with Crippen LogP contribution < -0.4 is 20.7 Å². The predicted octanol–water partition coefficient (Wildman–Crippen LogP) is 7.68. The molecule has 2 aromatic rings. The van der Waals surface area contributed by atoms with Gasteiger partial charge in [-0.15, -0.1) is 34.9 Å². The number of likely N-dealkylation sites (N-methyl/N-ethyl adjacent to an activating group) is 1. The number of hydrogen-bond acceptors (Lipinski definition) is 20. The summed E-state index contributed by atoms with van der Waals surface area (Å²) in [6.45, 7) is 17.6. The second-order valence-electron chi connectivity index (χ2n) is 23.9. The Kier molecular flexibility index (Phi) is 30.2. The zero-order chi connectivity index (χ0) is 64.9. The van der Waals surface area contributed by atoms with Crippen LogP contribution in [0.15, 0.2) is 23.6 Å². The largest absolute Gasteiger partial charge is 0.481 e. The van der Waals surface area contributed by atoms with E-state index in [2.05, 4.69) is 20.9 Å². The quantitative estimate of drug-likeness (QED) is 0.0730. The summed E-state index contributed by atoms with van der Waals surface area (Å²) in [6.07, 6.45) is 0.424. The first-order valence-corrected chi connectivity index (χ1v) is 33.0. The minimum absolute atomic E-state index is 0.00169. The van der Waals surface area contributed by atoms with Gasteiger partial charge >= 0.3 is 17.9 Å². The van der Waals surface area contributed by atoms with E-state index in [0.717, 1.165) is 11.3 Å². The number of esters is 2. The van der Waals surface area contributed by atoms with E-state index in [1.807, 2.05) is 60.5 Å². The fraction of sp³-hybridized carbons (Fsp3) is 0.677. The molecule has 10 atom stereocenters. The first-order valence-electron chi connectivity index (χ1n) is 30.0. The number of aromatic nitrogens is 1. The van der Waals surface area contributed by atoms with Crippen LogP contribution in [0.3, 0.4) is 0 Å². The maximum absolute atomic E-state index is 14.5. The van der Waals surface area contributed by atoms with Crippen LogP contribution in [0.1, 0.15) is 167 Å². The molecule has 0 saturated carbocycles. The van der Waals surface area contributed by atoms with Crippen molar-refractivity contribution >= 4 is 105 Å². The number of hydrogen-bond donors (Lipinski definition) is 4. The number of anilines is 1. The third kappa shape index (κ3) is 23.1. The zero-order valence-electron chi connectivity index (χ0n) is 52.8. The molecule has 5 unspecified atom stereocenters. The van der Waals surface area contributed by atoms with Crippen molar-refractivity contribution in [2.24, 2.45) is 29.6 Å². The van der Waals surface area contributed by atoms with Crippen molar-refractivity contribution in [3.63, 3.8) is 0 Å². The molecule has 0 bridgehead atoms. The lowest BCUT2D eigenvalue weighted by molar-refractivity contribution is -0.150. The van der Waals surface area contributed by atoms with Crippen LogP contribution in [-0.2, 0) is 68.6 Å². The van der Waals surface area contributed by atoms with E-state index in [1.54, 1.807) is 18.0 Å². The summed E-state index contributed by atoms with van der Waals surface area (Å²) in [4.78, 5) is 155. The fourth-order valence-electron chi connectivity index (χ4n) is 9.92. The van der Waals surface area contributed by atoms with Gasteiger partial charge in [-0.3, -0.25) is 57.6 Å². The number of thioether (sulfide) groups is 2. The topological polar surface area (TPSA) is 300 Å². The summed E-state index contributed by atoms with van der Waals surface area (Å²) in [5.74, 6) is -7.86. The van der Waals surface area contributed by atoms with Crippen LogP contribution in [0.25, 0.3) is 0 Å². The van der Waals surface area contributed by atoms with Gasteiger partial charge in [0.05, 0.1) is 53.3 Å². The van der Waals surface area contributed by atoms with Gasteiger partial charge in [0.15, 0.2) is 23.4 Å². The molecule has 25 heteroatoms. The molecule has 1 saturated heterocycles. The van der Waals surface area contributed by atoms with Crippen LogP contribution in [-0.4, -0.2) is 171 Å². The van der Waals surface area contributed by atoms with Gasteiger partial charge in [-0.2, -0.15) is 0 Å².